The van der Waals surface area contributed by atoms with Gasteiger partial charge >= 0.3 is 11.8 Å². The number of piperazine rings is 1. The molecule has 1 saturated heterocycles. The maximum Gasteiger partial charge on any atom is 0.313 e. The summed E-state index contributed by atoms with van der Waals surface area (Å²) in [4.78, 5) is 28.8. The van der Waals surface area contributed by atoms with E-state index < -0.39 is 11.8 Å². The molecular weight excluding hydrogens is 368 g/mol. The minimum absolute atomic E-state index is 0.469. The van der Waals surface area contributed by atoms with Gasteiger partial charge in [0, 0.05) is 38.4 Å². The highest BCUT2D eigenvalue weighted by Gasteiger charge is 2.18. The van der Waals surface area contributed by atoms with Gasteiger partial charge in [0.1, 0.15) is 5.75 Å². The molecule has 7 heteroatoms. The van der Waals surface area contributed by atoms with Gasteiger partial charge in [-0.1, -0.05) is 30.3 Å². The van der Waals surface area contributed by atoms with Gasteiger partial charge < -0.3 is 20.3 Å². The molecule has 0 aliphatic carbocycles. The van der Waals surface area contributed by atoms with Crippen molar-refractivity contribution in [2.75, 3.05) is 56.6 Å². The van der Waals surface area contributed by atoms with Crippen molar-refractivity contribution < 1.29 is 14.3 Å². The summed E-state index contributed by atoms with van der Waals surface area (Å²) in [5.74, 6) is -0.806. The first-order chi connectivity index (χ1) is 14.2. The van der Waals surface area contributed by atoms with Gasteiger partial charge in [0.2, 0.25) is 0 Å². The highest BCUT2D eigenvalue weighted by Crippen LogP contribution is 2.22. The van der Waals surface area contributed by atoms with Crippen LogP contribution in [0.25, 0.3) is 0 Å². The van der Waals surface area contributed by atoms with Crippen molar-refractivity contribution in [3.8, 4) is 5.75 Å². The number of para-hydroxylation sites is 3. The topological polar surface area (TPSA) is 73.9 Å². The van der Waals surface area contributed by atoms with E-state index in [1.807, 2.05) is 6.07 Å². The van der Waals surface area contributed by atoms with Gasteiger partial charge in [-0.25, -0.2) is 0 Å². The fourth-order valence-electron chi connectivity index (χ4n) is 3.38. The predicted molar refractivity (Wildman–Crippen MR) is 114 cm³/mol. The lowest BCUT2D eigenvalue weighted by Crippen LogP contribution is -2.47. The first-order valence-corrected chi connectivity index (χ1v) is 9.92. The Morgan fingerprint density at radius 2 is 1.62 bits per heavy atom. The Morgan fingerprint density at radius 3 is 2.34 bits per heavy atom. The molecule has 0 aromatic heterocycles. The first-order valence-electron chi connectivity index (χ1n) is 9.92. The van der Waals surface area contributed by atoms with E-state index in [9.17, 15) is 9.59 Å². The molecule has 1 aliphatic heterocycles. The molecular formula is C22H28N4O3. The maximum absolute atomic E-state index is 12.1. The summed E-state index contributed by atoms with van der Waals surface area (Å²) in [6.07, 6.45) is 0.805. The summed E-state index contributed by atoms with van der Waals surface area (Å²) in [5, 5.41) is 5.27. The van der Waals surface area contributed by atoms with Crippen molar-refractivity contribution in [1.82, 2.24) is 10.2 Å². The van der Waals surface area contributed by atoms with E-state index in [0.717, 1.165) is 39.1 Å². The van der Waals surface area contributed by atoms with Crippen LogP contribution in [0.4, 0.5) is 11.4 Å². The summed E-state index contributed by atoms with van der Waals surface area (Å²) in [6.45, 7) is 5.36. The Hall–Kier alpha value is -3.06. The summed E-state index contributed by atoms with van der Waals surface area (Å²) < 4.78 is 5.17. The fraction of sp³-hybridized carbons (Fsp3) is 0.364. The van der Waals surface area contributed by atoms with Crippen LogP contribution in [0.5, 0.6) is 5.75 Å². The van der Waals surface area contributed by atoms with Crippen LogP contribution >= 0.6 is 0 Å². The molecule has 0 unspecified atom stereocenters. The van der Waals surface area contributed by atoms with Crippen LogP contribution in [0.2, 0.25) is 0 Å². The van der Waals surface area contributed by atoms with Gasteiger partial charge in [-0.3, -0.25) is 14.5 Å². The molecule has 2 amide bonds. The van der Waals surface area contributed by atoms with Gasteiger partial charge in [-0.05, 0) is 37.2 Å². The number of ether oxygens (including phenoxy) is 1. The quantitative estimate of drug-likeness (QED) is 0.553. The molecule has 0 radical (unpaired) electrons. The second-order valence-corrected chi connectivity index (χ2v) is 6.93. The van der Waals surface area contributed by atoms with Crippen molar-refractivity contribution in [2.45, 2.75) is 6.42 Å². The Labute approximate surface area is 171 Å². The third-order valence-electron chi connectivity index (χ3n) is 4.99. The highest BCUT2D eigenvalue weighted by molar-refractivity contribution is 6.39. The fourth-order valence-corrected chi connectivity index (χ4v) is 3.38. The van der Waals surface area contributed by atoms with E-state index in [-0.39, 0.29) is 0 Å². The number of nitrogens with zero attached hydrogens (tertiary/aromatic N) is 2. The number of hydrogen-bond acceptors (Lipinski definition) is 5. The predicted octanol–water partition coefficient (Wildman–Crippen LogP) is 1.96. The minimum atomic E-state index is -0.689. The zero-order chi connectivity index (χ0) is 20.5. The monoisotopic (exact) mass is 396 g/mol. The number of nitrogens with one attached hydrogen (secondary N) is 2. The molecule has 0 atom stereocenters. The summed E-state index contributed by atoms with van der Waals surface area (Å²) in [7, 11) is 1.52. The largest absolute Gasteiger partial charge is 0.495 e. The maximum atomic E-state index is 12.1. The van der Waals surface area contributed by atoms with Crippen molar-refractivity contribution in [2.24, 2.45) is 0 Å². The SMILES string of the molecule is COc1ccccc1NC(=O)C(=O)NCCCN1CCN(c2ccccc2)CC1. The van der Waals surface area contributed by atoms with Gasteiger partial charge in [0.15, 0.2) is 0 Å². The van der Waals surface area contributed by atoms with Gasteiger partial charge in [-0.15, -0.1) is 0 Å². The third-order valence-corrected chi connectivity index (χ3v) is 4.99. The van der Waals surface area contributed by atoms with Crippen LogP contribution < -0.4 is 20.3 Å². The number of methoxy groups -OCH3 is 1. The van der Waals surface area contributed by atoms with E-state index in [4.69, 9.17) is 4.74 Å². The van der Waals surface area contributed by atoms with E-state index in [1.165, 1.54) is 12.8 Å². The van der Waals surface area contributed by atoms with Crippen LogP contribution in [0.3, 0.4) is 0 Å². The van der Waals surface area contributed by atoms with Crippen LogP contribution in [-0.4, -0.2) is 63.1 Å². The van der Waals surface area contributed by atoms with E-state index in [0.29, 0.717) is 18.0 Å². The van der Waals surface area contributed by atoms with Gasteiger partial charge in [-0.2, -0.15) is 0 Å². The molecule has 1 fully saturated rings. The smallest absolute Gasteiger partial charge is 0.313 e. The normalized spacial score (nSPS) is 14.3. The number of hydrogen-bond donors (Lipinski definition) is 2. The average molecular weight is 396 g/mol. The standard InChI is InChI=1S/C22H28N4O3/c1-29-20-11-6-5-10-19(20)24-22(28)21(27)23-12-7-13-25-14-16-26(17-15-25)18-8-3-2-4-9-18/h2-6,8-11H,7,12-17H2,1H3,(H,23,27)(H,24,28). The first kappa shape index (κ1) is 20.7. The number of benzene rings is 2. The minimum Gasteiger partial charge on any atom is -0.495 e. The molecule has 29 heavy (non-hydrogen) atoms. The molecule has 0 saturated carbocycles. The average Bonchev–Trinajstić information content (AvgIpc) is 2.78. The lowest BCUT2D eigenvalue weighted by Gasteiger charge is -2.36. The Balaban J connectivity index is 1.33. The van der Waals surface area contributed by atoms with Gasteiger partial charge in [0.25, 0.3) is 0 Å². The lowest BCUT2D eigenvalue weighted by atomic mass is 10.2. The zero-order valence-corrected chi connectivity index (χ0v) is 16.8. The lowest BCUT2D eigenvalue weighted by molar-refractivity contribution is -0.136. The van der Waals surface area contributed by atoms with Crippen molar-refractivity contribution in [1.29, 1.82) is 0 Å². The Morgan fingerprint density at radius 1 is 0.931 bits per heavy atom. The molecule has 1 aliphatic rings. The zero-order valence-electron chi connectivity index (χ0n) is 16.8. The van der Waals surface area contributed by atoms with Crippen molar-refractivity contribution in [3.63, 3.8) is 0 Å². The Kier molecular flexibility index (Phi) is 7.47. The van der Waals surface area contributed by atoms with Crippen molar-refractivity contribution >= 4 is 23.2 Å². The highest BCUT2D eigenvalue weighted by atomic mass is 16.5. The number of carbonyl (C=O) groups is 2. The number of rotatable bonds is 7. The summed E-state index contributed by atoms with van der Waals surface area (Å²) in [5.41, 5.74) is 1.74. The van der Waals surface area contributed by atoms with Crippen molar-refractivity contribution in [3.05, 3.63) is 54.6 Å². The molecule has 3 rings (SSSR count). The number of anilines is 2. The van der Waals surface area contributed by atoms with E-state index >= 15 is 0 Å². The molecule has 2 aromatic carbocycles. The molecule has 7 nitrogen and oxygen atoms in total. The molecule has 2 aromatic rings. The molecule has 0 spiro atoms. The van der Waals surface area contributed by atoms with Gasteiger partial charge in [0.05, 0.1) is 12.8 Å². The molecule has 154 valence electrons. The molecule has 0 bridgehead atoms. The van der Waals surface area contributed by atoms with Crippen LogP contribution in [0, 0.1) is 0 Å². The summed E-state index contributed by atoms with van der Waals surface area (Å²) >= 11 is 0. The number of amides is 2. The van der Waals surface area contributed by atoms with Crippen LogP contribution in [0.1, 0.15) is 6.42 Å². The Bertz CT molecular complexity index is 805. The second kappa shape index (κ2) is 10.5. The molecule has 1 heterocycles. The van der Waals surface area contributed by atoms with E-state index in [1.54, 1.807) is 24.3 Å². The van der Waals surface area contributed by atoms with Crippen LogP contribution in [-0.2, 0) is 9.59 Å². The second-order valence-electron chi connectivity index (χ2n) is 6.93. The van der Waals surface area contributed by atoms with E-state index in [2.05, 4.69) is 44.7 Å². The van der Waals surface area contributed by atoms with Crippen LogP contribution in [0.15, 0.2) is 54.6 Å². The summed E-state index contributed by atoms with van der Waals surface area (Å²) in [6, 6.07) is 17.4. The third kappa shape index (κ3) is 5.96. The number of carbonyl (C=O) groups excluding carboxylic acids is 2. The molecule has 2 N–H and O–H groups in total.